The van der Waals surface area contributed by atoms with Crippen LogP contribution in [0.15, 0.2) is 18.2 Å². The van der Waals surface area contributed by atoms with Crippen LogP contribution in [-0.2, 0) is 30.5 Å². The maximum absolute atomic E-state index is 12.1. The highest BCUT2D eigenvalue weighted by Crippen LogP contribution is 2.30. The van der Waals surface area contributed by atoms with E-state index >= 15 is 0 Å². The van der Waals surface area contributed by atoms with Crippen molar-refractivity contribution >= 4 is 23.5 Å². The van der Waals surface area contributed by atoms with E-state index in [1.807, 2.05) is 0 Å². The first-order chi connectivity index (χ1) is 13.8. The molecule has 4 N–H and O–H groups in total. The van der Waals surface area contributed by atoms with E-state index < -0.39 is 30.4 Å². The molecule has 1 aliphatic heterocycles. The fraction of sp³-hybridized carbons (Fsp3) is 0.526. The predicted molar refractivity (Wildman–Crippen MR) is 101 cm³/mol. The number of rotatable bonds is 9. The lowest BCUT2D eigenvalue weighted by Crippen LogP contribution is -2.42. The SMILES string of the molecule is CNCCC(=O)Nc1cc(COC(C)=O)ccc1OC1CC(O)CC(C(=O)O)O1. The molecule has 160 valence electrons. The van der Waals surface area contributed by atoms with Gasteiger partial charge >= 0.3 is 11.9 Å². The van der Waals surface area contributed by atoms with Gasteiger partial charge in [-0.2, -0.15) is 0 Å². The molecule has 0 spiro atoms. The Morgan fingerprint density at radius 2 is 2.03 bits per heavy atom. The van der Waals surface area contributed by atoms with E-state index in [1.165, 1.54) is 6.92 Å². The molecule has 1 amide bonds. The molecular formula is C19H26N2O8. The molecule has 1 heterocycles. The molecule has 0 aromatic heterocycles. The number of amides is 1. The van der Waals surface area contributed by atoms with Crippen molar-refractivity contribution in [3.63, 3.8) is 0 Å². The van der Waals surface area contributed by atoms with E-state index in [-0.39, 0.29) is 37.5 Å². The van der Waals surface area contributed by atoms with Gasteiger partial charge < -0.3 is 35.1 Å². The Kier molecular flexibility index (Phi) is 8.37. The zero-order valence-corrected chi connectivity index (χ0v) is 16.3. The molecule has 0 radical (unpaired) electrons. The van der Waals surface area contributed by atoms with Crippen molar-refractivity contribution < 1.29 is 38.8 Å². The van der Waals surface area contributed by atoms with Crippen LogP contribution in [0.5, 0.6) is 5.75 Å². The Morgan fingerprint density at radius 3 is 2.69 bits per heavy atom. The number of carboxylic acids is 1. The lowest BCUT2D eigenvalue weighted by atomic mass is 10.1. The van der Waals surface area contributed by atoms with Gasteiger partial charge in [-0.1, -0.05) is 6.07 Å². The predicted octanol–water partition coefficient (Wildman–Crippen LogP) is 0.627. The topological polar surface area (TPSA) is 143 Å². The van der Waals surface area contributed by atoms with Crippen LogP contribution in [-0.4, -0.2) is 60.1 Å². The number of aliphatic hydroxyl groups is 1. The van der Waals surface area contributed by atoms with Crippen molar-refractivity contribution in [1.82, 2.24) is 5.32 Å². The Morgan fingerprint density at radius 1 is 1.28 bits per heavy atom. The number of esters is 1. The number of carbonyl (C=O) groups excluding carboxylic acids is 2. The fourth-order valence-corrected chi connectivity index (χ4v) is 2.74. The van der Waals surface area contributed by atoms with Crippen LogP contribution in [0.3, 0.4) is 0 Å². The largest absolute Gasteiger partial charge is 0.479 e. The zero-order valence-electron chi connectivity index (χ0n) is 16.3. The van der Waals surface area contributed by atoms with Crippen molar-refractivity contribution in [1.29, 1.82) is 0 Å². The smallest absolute Gasteiger partial charge is 0.333 e. The standard InChI is InChI=1S/C19H26N2O8/c1-11(22)27-10-12-3-4-15(14(7-12)21-17(24)5-6-20-2)28-18-9-13(23)8-16(29-18)19(25)26/h3-4,7,13,16,18,20,23H,5-6,8-10H2,1-2H3,(H,21,24)(H,25,26). The normalized spacial score (nSPS) is 21.3. The highest BCUT2D eigenvalue weighted by Gasteiger charge is 2.34. The summed E-state index contributed by atoms with van der Waals surface area (Å²) in [6.45, 7) is 1.80. The minimum Gasteiger partial charge on any atom is -0.479 e. The van der Waals surface area contributed by atoms with E-state index in [4.69, 9.17) is 19.3 Å². The number of carbonyl (C=O) groups is 3. The van der Waals surface area contributed by atoms with Crippen LogP contribution in [0.25, 0.3) is 0 Å². The van der Waals surface area contributed by atoms with Crippen LogP contribution in [0.1, 0.15) is 31.7 Å². The number of nitrogens with one attached hydrogen (secondary N) is 2. The molecule has 1 aromatic carbocycles. The van der Waals surface area contributed by atoms with Gasteiger partial charge in [0.25, 0.3) is 0 Å². The quantitative estimate of drug-likeness (QED) is 0.431. The average molecular weight is 410 g/mol. The van der Waals surface area contributed by atoms with Gasteiger partial charge in [0.15, 0.2) is 6.10 Å². The molecule has 10 nitrogen and oxygen atoms in total. The Hall–Kier alpha value is -2.69. The monoisotopic (exact) mass is 410 g/mol. The van der Waals surface area contributed by atoms with Crippen molar-refractivity contribution in [3.8, 4) is 5.75 Å². The third kappa shape index (κ3) is 7.33. The second-order valence-corrected chi connectivity index (χ2v) is 6.65. The molecule has 0 saturated carbocycles. The zero-order chi connectivity index (χ0) is 21.4. The van der Waals surface area contributed by atoms with Gasteiger partial charge in [0, 0.05) is 32.7 Å². The van der Waals surface area contributed by atoms with E-state index in [1.54, 1.807) is 25.2 Å². The lowest BCUT2D eigenvalue weighted by Gasteiger charge is -2.31. The summed E-state index contributed by atoms with van der Waals surface area (Å²) in [7, 11) is 1.73. The summed E-state index contributed by atoms with van der Waals surface area (Å²) in [6, 6.07) is 4.81. The van der Waals surface area contributed by atoms with Gasteiger partial charge in [0.2, 0.25) is 12.2 Å². The first kappa shape index (κ1) is 22.6. The van der Waals surface area contributed by atoms with E-state index in [0.717, 1.165) is 0 Å². The maximum Gasteiger partial charge on any atom is 0.333 e. The van der Waals surface area contributed by atoms with Gasteiger partial charge in [-0.15, -0.1) is 0 Å². The van der Waals surface area contributed by atoms with Crippen molar-refractivity contribution in [2.24, 2.45) is 0 Å². The molecule has 29 heavy (non-hydrogen) atoms. The average Bonchev–Trinajstić information content (AvgIpc) is 2.66. The molecule has 10 heteroatoms. The van der Waals surface area contributed by atoms with Crippen LogP contribution in [0, 0.1) is 0 Å². The molecule has 1 aromatic rings. The van der Waals surface area contributed by atoms with Crippen LogP contribution < -0.4 is 15.4 Å². The summed E-state index contributed by atoms with van der Waals surface area (Å²) in [5.74, 6) is -1.64. The summed E-state index contributed by atoms with van der Waals surface area (Å²) in [5, 5.41) is 24.7. The van der Waals surface area contributed by atoms with E-state index in [9.17, 15) is 19.5 Å². The minimum atomic E-state index is -1.19. The molecule has 1 saturated heterocycles. The molecular weight excluding hydrogens is 384 g/mol. The summed E-state index contributed by atoms with van der Waals surface area (Å²) >= 11 is 0. The van der Waals surface area contributed by atoms with E-state index in [2.05, 4.69) is 10.6 Å². The maximum atomic E-state index is 12.1. The van der Waals surface area contributed by atoms with Gasteiger partial charge in [-0.3, -0.25) is 9.59 Å². The number of anilines is 1. The first-order valence-corrected chi connectivity index (χ1v) is 9.22. The van der Waals surface area contributed by atoms with Gasteiger partial charge in [0.1, 0.15) is 12.4 Å². The molecule has 3 unspecified atom stereocenters. The van der Waals surface area contributed by atoms with Crippen LogP contribution >= 0.6 is 0 Å². The third-order valence-corrected chi connectivity index (χ3v) is 4.16. The van der Waals surface area contributed by atoms with Crippen LogP contribution in [0.2, 0.25) is 0 Å². The first-order valence-electron chi connectivity index (χ1n) is 9.22. The van der Waals surface area contributed by atoms with Crippen molar-refractivity contribution in [3.05, 3.63) is 23.8 Å². The molecule has 0 bridgehead atoms. The number of carboxylic acid groups (broad SMARTS) is 1. The van der Waals surface area contributed by atoms with Crippen LogP contribution in [0.4, 0.5) is 5.69 Å². The third-order valence-electron chi connectivity index (χ3n) is 4.16. The fourth-order valence-electron chi connectivity index (χ4n) is 2.74. The second kappa shape index (κ2) is 10.7. The summed E-state index contributed by atoms with van der Waals surface area (Å²) in [6.07, 6.45) is -2.76. The number of aliphatic hydroxyl groups excluding tert-OH is 1. The molecule has 0 aliphatic carbocycles. The summed E-state index contributed by atoms with van der Waals surface area (Å²) in [5.41, 5.74) is 0.954. The van der Waals surface area contributed by atoms with Gasteiger partial charge in [-0.25, -0.2) is 4.79 Å². The summed E-state index contributed by atoms with van der Waals surface area (Å²) < 4.78 is 16.1. The Labute approximate surface area is 168 Å². The molecule has 2 rings (SSSR count). The number of ether oxygens (including phenoxy) is 3. The highest BCUT2D eigenvalue weighted by atomic mass is 16.7. The van der Waals surface area contributed by atoms with Crippen molar-refractivity contribution in [2.45, 2.75) is 51.3 Å². The lowest BCUT2D eigenvalue weighted by molar-refractivity contribution is -0.195. The number of benzene rings is 1. The molecule has 1 fully saturated rings. The van der Waals surface area contributed by atoms with E-state index in [0.29, 0.717) is 17.8 Å². The molecule has 1 aliphatic rings. The number of hydrogen-bond donors (Lipinski definition) is 4. The minimum absolute atomic E-state index is 0.0225. The molecule has 3 atom stereocenters. The number of aliphatic carboxylic acids is 1. The second-order valence-electron chi connectivity index (χ2n) is 6.65. The Bertz CT molecular complexity index is 739. The highest BCUT2D eigenvalue weighted by molar-refractivity contribution is 5.92. The van der Waals surface area contributed by atoms with Gasteiger partial charge in [-0.05, 0) is 24.7 Å². The number of hydrogen-bond acceptors (Lipinski definition) is 8. The summed E-state index contributed by atoms with van der Waals surface area (Å²) in [4.78, 5) is 34.4. The van der Waals surface area contributed by atoms with Crippen molar-refractivity contribution in [2.75, 3.05) is 18.9 Å². The Balaban J connectivity index is 2.18. The van der Waals surface area contributed by atoms with Gasteiger partial charge in [0.05, 0.1) is 11.8 Å².